The molecule has 1 aromatic carbocycles. The van der Waals surface area contributed by atoms with E-state index in [4.69, 9.17) is 9.26 Å². The second kappa shape index (κ2) is 8.27. The molecule has 0 radical (unpaired) electrons. The number of ether oxygens (including phenoxy) is 1. The van der Waals surface area contributed by atoms with Crippen LogP contribution >= 0.6 is 0 Å². The lowest BCUT2D eigenvalue weighted by Crippen LogP contribution is -2.45. The lowest BCUT2D eigenvalue weighted by molar-refractivity contribution is -0.116. The molecule has 2 aliphatic heterocycles. The van der Waals surface area contributed by atoms with Crippen molar-refractivity contribution >= 4 is 17.5 Å². The highest BCUT2D eigenvalue weighted by Crippen LogP contribution is 2.31. The molecule has 0 bridgehead atoms. The number of piperidine rings is 1. The zero-order chi connectivity index (χ0) is 20.4. The van der Waals surface area contributed by atoms with Gasteiger partial charge in [0.05, 0.1) is 17.9 Å². The number of aryl methyl sites for hydroxylation is 2. The summed E-state index contributed by atoms with van der Waals surface area (Å²) in [7, 11) is 0. The number of nitrogens with zero attached hydrogens (tertiary/aromatic N) is 2. The Kier molecular flexibility index (Phi) is 5.56. The molecule has 7 heteroatoms. The highest BCUT2D eigenvalue weighted by molar-refractivity contribution is 6.00. The van der Waals surface area contributed by atoms with Gasteiger partial charge in [0.2, 0.25) is 5.91 Å². The number of carbonyl (C=O) groups is 2. The Hall–Kier alpha value is -2.83. The number of hydrogen-bond donors (Lipinski definition) is 1. The van der Waals surface area contributed by atoms with Crippen molar-refractivity contribution in [3.8, 4) is 5.75 Å². The molecule has 7 nitrogen and oxygen atoms in total. The van der Waals surface area contributed by atoms with Gasteiger partial charge < -0.3 is 19.5 Å². The summed E-state index contributed by atoms with van der Waals surface area (Å²) in [6.45, 7) is 5.11. The van der Waals surface area contributed by atoms with Gasteiger partial charge >= 0.3 is 0 Å². The Labute approximate surface area is 170 Å². The highest BCUT2D eigenvalue weighted by Gasteiger charge is 2.31. The molecule has 2 aromatic rings. The number of nitrogens with one attached hydrogen (secondary N) is 1. The van der Waals surface area contributed by atoms with Gasteiger partial charge in [0.15, 0.2) is 0 Å². The molecule has 1 aromatic heterocycles. The lowest BCUT2D eigenvalue weighted by atomic mass is 9.97. The fraction of sp³-hybridized carbons (Fsp3) is 0.500. The van der Waals surface area contributed by atoms with Gasteiger partial charge in [0.1, 0.15) is 11.5 Å². The van der Waals surface area contributed by atoms with E-state index in [-0.39, 0.29) is 17.9 Å². The molecule has 0 aliphatic carbocycles. The van der Waals surface area contributed by atoms with Gasteiger partial charge in [-0.05, 0) is 57.7 Å². The summed E-state index contributed by atoms with van der Waals surface area (Å²) < 4.78 is 11.0. The van der Waals surface area contributed by atoms with E-state index in [0.717, 1.165) is 49.2 Å². The first-order valence-electron chi connectivity index (χ1n) is 10.3. The van der Waals surface area contributed by atoms with E-state index in [0.29, 0.717) is 36.4 Å². The van der Waals surface area contributed by atoms with Crippen LogP contribution in [0.4, 0.5) is 5.69 Å². The van der Waals surface area contributed by atoms with Gasteiger partial charge in [-0.25, -0.2) is 0 Å². The lowest BCUT2D eigenvalue weighted by Gasteiger charge is -2.37. The van der Waals surface area contributed by atoms with Crippen molar-refractivity contribution in [1.29, 1.82) is 0 Å². The van der Waals surface area contributed by atoms with E-state index in [1.807, 2.05) is 18.7 Å². The first-order valence-corrected chi connectivity index (χ1v) is 10.3. The molecule has 154 valence electrons. The standard InChI is InChI=1S/C22H27N3O4/c1-14-18(15(2)29-24-14)7-9-21(26)23-16-6-8-20-19(13-16)22(27)25-11-4-3-5-17(25)10-12-28-20/h6,8,13,17H,3-5,7,9-12H2,1-2H3,(H,23,26). The minimum Gasteiger partial charge on any atom is -0.493 e. The van der Waals surface area contributed by atoms with Crippen LogP contribution in [0.2, 0.25) is 0 Å². The molecule has 1 saturated heterocycles. The van der Waals surface area contributed by atoms with Crippen molar-refractivity contribution in [2.75, 3.05) is 18.5 Å². The molecular formula is C22H27N3O4. The van der Waals surface area contributed by atoms with Crippen LogP contribution in [0.25, 0.3) is 0 Å². The molecule has 4 rings (SSSR count). The molecule has 0 spiro atoms. The van der Waals surface area contributed by atoms with E-state index in [2.05, 4.69) is 10.5 Å². The van der Waals surface area contributed by atoms with Crippen molar-refractivity contribution in [2.45, 2.75) is 58.4 Å². The highest BCUT2D eigenvalue weighted by atomic mass is 16.5. The molecule has 29 heavy (non-hydrogen) atoms. The number of carbonyl (C=O) groups excluding carboxylic acids is 2. The monoisotopic (exact) mass is 397 g/mol. The molecular weight excluding hydrogens is 370 g/mol. The zero-order valence-corrected chi connectivity index (χ0v) is 17.0. The largest absolute Gasteiger partial charge is 0.493 e. The number of aromatic nitrogens is 1. The van der Waals surface area contributed by atoms with Crippen LogP contribution in [0, 0.1) is 13.8 Å². The number of benzene rings is 1. The fourth-order valence-corrected chi connectivity index (χ4v) is 4.25. The summed E-state index contributed by atoms with van der Waals surface area (Å²) in [4.78, 5) is 27.6. The van der Waals surface area contributed by atoms with Gasteiger partial charge in [0, 0.05) is 36.7 Å². The first kappa shape index (κ1) is 19.5. The Balaban J connectivity index is 1.47. The van der Waals surface area contributed by atoms with Crippen LogP contribution in [0.3, 0.4) is 0 Å². The third-order valence-corrected chi connectivity index (χ3v) is 5.87. The van der Waals surface area contributed by atoms with Gasteiger partial charge in [-0.3, -0.25) is 9.59 Å². The Morgan fingerprint density at radius 3 is 2.93 bits per heavy atom. The van der Waals surface area contributed by atoms with Crippen LogP contribution in [0.5, 0.6) is 5.75 Å². The number of fused-ring (bicyclic) bond motifs is 2. The molecule has 0 saturated carbocycles. The van der Waals surface area contributed by atoms with Crippen LogP contribution in [0.15, 0.2) is 22.7 Å². The average Bonchev–Trinajstić information content (AvgIpc) is 3.03. The molecule has 3 heterocycles. The quantitative estimate of drug-likeness (QED) is 0.851. The SMILES string of the molecule is Cc1noc(C)c1CCC(=O)Nc1ccc2c(c1)C(=O)N1CCCCC1CCO2. The van der Waals surface area contributed by atoms with E-state index in [9.17, 15) is 9.59 Å². The van der Waals surface area contributed by atoms with Crippen molar-refractivity contribution in [3.63, 3.8) is 0 Å². The molecule has 1 N–H and O–H groups in total. The molecule has 1 fully saturated rings. The number of hydrogen-bond acceptors (Lipinski definition) is 5. The van der Waals surface area contributed by atoms with E-state index in [1.54, 1.807) is 18.2 Å². The molecule has 2 amide bonds. The number of rotatable bonds is 4. The first-order chi connectivity index (χ1) is 14.0. The summed E-state index contributed by atoms with van der Waals surface area (Å²) in [6, 6.07) is 5.55. The Morgan fingerprint density at radius 1 is 1.28 bits per heavy atom. The molecule has 2 aliphatic rings. The molecule has 1 unspecified atom stereocenters. The summed E-state index contributed by atoms with van der Waals surface area (Å²) in [5.41, 5.74) is 2.92. The van der Waals surface area contributed by atoms with Crippen LogP contribution < -0.4 is 10.1 Å². The van der Waals surface area contributed by atoms with Crippen molar-refractivity contribution in [1.82, 2.24) is 10.1 Å². The van der Waals surface area contributed by atoms with E-state index in [1.165, 1.54) is 0 Å². The number of amides is 2. The second-order valence-corrected chi connectivity index (χ2v) is 7.85. The predicted octanol–water partition coefficient (Wildman–Crippen LogP) is 3.64. The fourth-order valence-electron chi connectivity index (χ4n) is 4.25. The Bertz CT molecular complexity index is 901. The van der Waals surface area contributed by atoms with Gasteiger partial charge in [-0.15, -0.1) is 0 Å². The predicted molar refractivity (Wildman–Crippen MR) is 108 cm³/mol. The van der Waals surface area contributed by atoms with Crippen molar-refractivity contribution in [3.05, 3.63) is 40.8 Å². The van der Waals surface area contributed by atoms with Gasteiger partial charge in [0.25, 0.3) is 5.91 Å². The van der Waals surface area contributed by atoms with E-state index < -0.39 is 0 Å². The number of anilines is 1. The van der Waals surface area contributed by atoms with Crippen molar-refractivity contribution < 1.29 is 18.8 Å². The summed E-state index contributed by atoms with van der Waals surface area (Å²) >= 11 is 0. The van der Waals surface area contributed by atoms with E-state index >= 15 is 0 Å². The van der Waals surface area contributed by atoms with Crippen LogP contribution in [-0.4, -0.2) is 41.1 Å². The maximum absolute atomic E-state index is 13.1. The van der Waals surface area contributed by atoms with Crippen LogP contribution in [-0.2, 0) is 11.2 Å². The zero-order valence-electron chi connectivity index (χ0n) is 17.0. The topological polar surface area (TPSA) is 84.7 Å². The average molecular weight is 397 g/mol. The second-order valence-electron chi connectivity index (χ2n) is 7.85. The maximum Gasteiger partial charge on any atom is 0.257 e. The minimum atomic E-state index is -0.111. The van der Waals surface area contributed by atoms with Crippen molar-refractivity contribution in [2.24, 2.45) is 0 Å². The third kappa shape index (κ3) is 4.13. The smallest absolute Gasteiger partial charge is 0.257 e. The maximum atomic E-state index is 13.1. The summed E-state index contributed by atoms with van der Waals surface area (Å²) in [6.07, 6.45) is 4.97. The molecule has 1 atom stereocenters. The minimum absolute atomic E-state index is 0.00350. The summed E-state index contributed by atoms with van der Waals surface area (Å²) in [5, 5.41) is 6.83. The van der Waals surface area contributed by atoms with Crippen LogP contribution in [0.1, 0.15) is 59.5 Å². The Morgan fingerprint density at radius 2 is 2.14 bits per heavy atom. The van der Waals surface area contributed by atoms with Gasteiger partial charge in [-0.2, -0.15) is 0 Å². The van der Waals surface area contributed by atoms with Gasteiger partial charge in [-0.1, -0.05) is 5.16 Å². The third-order valence-electron chi connectivity index (χ3n) is 5.87. The summed E-state index contributed by atoms with van der Waals surface area (Å²) in [5.74, 6) is 1.22. The normalized spacial score (nSPS) is 18.9.